The van der Waals surface area contributed by atoms with Crippen LogP contribution in [0.15, 0.2) is 109 Å². The van der Waals surface area contributed by atoms with Crippen LogP contribution >= 0.6 is 0 Å². The van der Waals surface area contributed by atoms with Gasteiger partial charge in [0.1, 0.15) is 11.5 Å². The molecule has 3 heterocycles. The Kier molecular flexibility index (Phi) is 5.47. The summed E-state index contributed by atoms with van der Waals surface area (Å²) in [6.45, 7) is 0. The zero-order valence-electron chi connectivity index (χ0n) is 21.6. The van der Waals surface area contributed by atoms with Gasteiger partial charge in [0.15, 0.2) is 11.6 Å². The fourth-order valence-electron chi connectivity index (χ4n) is 6.82. The summed E-state index contributed by atoms with van der Waals surface area (Å²) in [5, 5.41) is 14.3. The molecule has 4 atom stereocenters. The first-order chi connectivity index (χ1) is 19.9. The van der Waals surface area contributed by atoms with Crippen molar-refractivity contribution < 1.29 is 19.3 Å². The molecule has 0 aliphatic carbocycles. The number of nitro benzene ring substituents is 1. The minimum atomic E-state index is -1.41. The molecule has 0 aromatic heterocycles. The highest BCUT2D eigenvalue weighted by Crippen LogP contribution is 2.58. The molecule has 0 bridgehead atoms. The van der Waals surface area contributed by atoms with E-state index in [1.54, 1.807) is 30.3 Å². The molecule has 0 unspecified atom stereocenters. The first-order valence-corrected chi connectivity index (χ1v) is 13.3. The summed E-state index contributed by atoms with van der Waals surface area (Å²) >= 11 is 0. The summed E-state index contributed by atoms with van der Waals surface area (Å²) < 4.78 is 0. The van der Waals surface area contributed by atoms with Crippen LogP contribution in [0.1, 0.15) is 31.8 Å². The summed E-state index contributed by atoms with van der Waals surface area (Å²) in [4.78, 5) is 56.2. The molecular weight excluding hydrogens is 518 g/mol. The lowest BCUT2D eigenvalue weighted by Crippen LogP contribution is -2.51. The fourth-order valence-corrected chi connectivity index (χ4v) is 6.82. The van der Waals surface area contributed by atoms with E-state index < -0.39 is 34.1 Å². The van der Waals surface area contributed by atoms with Gasteiger partial charge in [-0.05, 0) is 35.4 Å². The van der Waals surface area contributed by atoms with E-state index in [2.05, 4.69) is 5.32 Å². The normalized spacial score (nSPS) is 23.5. The van der Waals surface area contributed by atoms with E-state index in [9.17, 15) is 24.5 Å². The molecule has 3 aliphatic rings. The number of nitrogens with zero attached hydrogens (tertiary/aromatic N) is 2. The molecule has 1 spiro atoms. The van der Waals surface area contributed by atoms with Crippen molar-refractivity contribution >= 4 is 40.6 Å². The average molecular weight is 542 g/mol. The standard InChI is InChI=1S/C33H23N3O5/c37-30(21-9-2-1-3-10-21)28-29(31(38)22-14-17-23(18-15-22)36(40)41)35-26-13-7-4-8-20(26)16-19-27(35)33(28)24-11-5-6-12-25(24)34-32(33)39/h1-19,27-29H,(H,34,39)/t27-,28-,29+,33-/m1/s1. The highest BCUT2D eigenvalue weighted by Gasteiger charge is 2.70. The van der Waals surface area contributed by atoms with Crippen LogP contribution in [0, 0.1) is 16.0 Å². The second kappa shape index (κ2) is 9.09. The molecule has 8 nitrogen and oxygen atoms in total. The van der Waals surface area contributed by atoms with Crippen molar-refractivity contribution in [2.45, 2.75) is 17.5 Å². The van der Waals surface area contributed by atoms with Crippen molar-refractivity contribution in [3.63, 3.8) is 0 Å². The van der Waals surface area contributed by atoms with Gasteiger partial charge in [0.2, 0.25) is 5.91 Å². The van der Waals surface area contributed by atoms with Crippen LogP contribution in [0.25, 0.3) is 6.08 Å². The smallest absolute Gasteiger partial charge is 0.269 e. The fraction of sp³-hybridized carbons (Fsp3) is 0.121. The third-order valence-electron chi connectivity index (χ3n) is 8.51. The third-order valence-corrected chi connectivity index (χ3v) is 8.51. The van der Waals surface area contributed by atoms with E-state index in [0.717, 1.165) is 11.3 Å². The summed E-state index contributed by atoms with van der Waals surface area (Å²) in [7, 11) is 0. The minimum absolute atomic E-state index is 0.144. The topological polar surface area (TPSA) is 110 Å². The van der Waals surface area contributed by atoms with Gasteiger partial charge in [-0.25, -0.2) is 0 Å². The second-order valence-corrected chi connectivity index (χ2v) is 10.5. The van der Waals surface area contributed by atoms with Crippen LogP contribution in [0.2, 0.25) is 0 Å². The van der Waals surface area contributed by atoms with Gasteiger partial charge >= 0.3 is 0 Å². The van der Waals surface area contributed by atoms with Gasteiger partial charge in [-0.15, -0.1) is 0 Å². The lowest BCUT2D eigenvalue weighted by atomic mass is 9.64. The number of amides is 1. The molecule has 1 saturated heterocycles. The van der Waals surface area contributed by atoms with Crippen molar-refractivity contribution in [3.8, 4) is 0 Å². The zero-order valence-corrected chi connectivity index (χ0v) is 21.6. The Labute approximate surface area is 235 Å². The first-order valence-electron chi connectivity index (χ1n) is 13.3. The number of carbonyl (C=O) groups is 3. The molecule has 0 radical (unpaired) electrons. The van der Waals surface area contributed by atoms with Crippen LogP contribution in [0.4, 0.5) is 17.1 Å². The van der Waals surface area contributed by atoms with Crippen molar-refractivity contribution in [3.05, 3.63) is 142 Å². The van der Waals surface area contributed by atoms with Crippen LogP contribution in [-0.4, -0.2) is 34.5 Å². The maximum Gasteiger partial charge on any atom is 0.269 e. The van der Waals surface area contributed by atoms with Gasteiger partial charge in [-0.2, -0.15) is 0 Å². The monoisotopic (exact) mass is 541 g/mol. The molecule has 0 saturated carbocycles. The van der Waals surface area contributed by atoms with E-state index >= 15 is 0 Å². The Hall–Kier alpha value is -5.37. The lowest BCUT2D eigenvalue weighted by Gasteiger charge is -2.37. The van der Waals surface area contributed by atoms with Crippen LogP contribution < -0.4 is 10.2 Å². The molecule has 8 heteroatoms. The van der Waals surface area contributed by atoms with Gasteiger partial charge in [0.25, 0.3) is 5.69 Å². The number of non-ortho nitro benzene ring substituents is 1. The van der Waals surface area contributed by atoms with E-state index in [-0.39, 0.29) is 22.9 Å². The number of ketones is 2. The maximum absolute atomic E-state index is 14.6. The quantitative estimate of drug-likeness (QED) is 0.204. The molecule has 1 N–H and O–H groups in total. The van der Waals surface area contributed by atoms with Crippen LogP contribution in [-0.2, 0) is 10.2 Å². The van der Waals surface area contributed by atoms with E-state index in [0.29, 0.717) is 16.8 Å². The first kappa shape index (κ1) is 24.7. The number of rotatable bonds is 5. The summed E-state index contributed by atoms with van der Waals surface area (Å²) in [6, 6.07) is 27.3. The number of carbonyl (C=O) groups excluding carboxylic acids is 3. The number of anilines is 2. The van der Waals surface area contributed by atoms with E-state index in [4.69, 9.17) is 0 Å². The molecule has 3 aliphatic heterocycles. The lowest BCUT2D eigenvalue weighted by molar-refractivity contribution is -0.384. The molecule has 200 valence electrons. The highest BCUT2D eigenvalue weighted by molar-refractivity contribution is 6.18. The van der Waals surface area contributed by atoms with Gasteiger partial charge in [-0.1, -0.05) is 78.9 Å². The molecule has 4 aromatic carbocycles. The average Bonchev–Trinajstić information content (AvgIpc) is 3.49. The van der Waals surface area contributed by atoms with Crippen LogP contribution in [0.5, 0.6) is 0 Å². The van der Waals surface area contributed by atoms with Gasteiger partial charge in [0, 0.05) is 34.6 Å². The number of nitrogens with one attached hydrogen (secondary N) is 1. The van der Waals surface area contributed by atoms with Crippen molar-refractivity contribution in [2.24, 2.45) is 5.92 Å². The molecule has 1 amide bonds. The predicted octanol–water partition coefficient (Wildman–Crippen LogP) is 5.45. The Bertz CT molecular complexity index is 1780. The summed E-state index contributed by atoms with van der Waals surface area (Å²) in [6.07, 6.45) is 3.85. The second-order valence-electron chi connectivity index (χ2n) is 10.5. The minimum Gasteiger partial charge on any atom is -0.352 e. The van der Waals surface area contributed by atoms with Crippen molar-refractivity contribution in [2.75, 3.05) is 10.2 Å². The third kappa shape index (κ3) is 3.43. The van der Waals surface area contributed by atoms with Crippen molar-refractivity contribution in [1.29, 1.82) is 0 Å². The summed E-state index contributed by atoms with van der Waals surface area (Å²) in [5.41, 5.74) is 1.94. The Morgan fingerprint density at radius 3 is 2.22 bits per heavy atom. The number of fused-ring (bicyclic) bond motifs is 6. The number of hydrogen-bond donors (Lipinski definition) is 1. The van der Waals surface area contributed by atoms with Gasteiger partial charge in [0.05, 0.1) is 16.9 Å². The number of para-hydroxylation sites is 2. The molecular formula is C33H23N3O5. The largest absolute Gasteiger partial charge is 0.352 e. The highest BCUT2D eigenvalue weighted by atomic mass is 16.6. The zero-order chi connectivity index (χ0) is 28.3. The SMILES string of the molecule is O=C(c1ccc([N+](=O)[O-])cc1)[C@@H]1[C@H](C(=O)c2ccccc2)[C@]2(C(=O)Nc3ccccc32)[C@H]2C=Cc3ccccc3N12. The number of hydrogen-bond acceptors (Lipinski definition) is 6. The Balaban J connectivity index is 1.51. The van der Waals surface area contributed by atoms with E-state index in [1.807, 2.05) is 65.6 Å². The Morgan fingerprint density at radius 1 is 0.805 bits per heavy atom. The molecule has 1 fully saturated rings. The van der Waals surface area contributed by atoms with Crippen molar-refractivity contribution in [1.82, 2.24) is 0 Å². The Morgan fingerprint density at radius 2 is 1.46 bits per heavy atom. The molecule has 7 rings (SSSR count). The van der Waals surface area contributed by atoms with Crippen LogP contribution in [0.3, 0.4) is 0 Å². The molecule has 4 aromatic rings. The number of nitro groups is 1. The number of benzene rings is 4. The maximum atomic E-state index is 14.6. The summed E-state index contributed by atoms with van der Waals surface area (Å²) in [5.74, 6) is -2.15. The predicted molar refractivity (Wildman–Crippen MR) is 154 cm³/mol. The number of Topliss-reactive ketones (excluding diaryl/α,β-unsaturated/α-hetero) is 2. The van der Waals surface area contributed by atoms with Gasteiger partial charge in [-0.3, -0.25) is 24.5 Å². The van der Waals surface area contributed by atoms with E-state index in [1.165, 1.54) is 24.3 Å². The molecule has 41 heavy (non-hydrogen) atoms. The van der Waals surface area contributed by atoms with Gasteiger partial charge < -0.3 is 10.2 Å².